The Morgan fingerprint density at radius 1 is 1.44 bits per heavy atom. The standard InChI is InChI=1S/C14H16BrN3/c1-9-7-10(15)13-17-12(14(2,3)4)11(5-6-16)18(13)8-9/h7-8H,5H2,1-4H3. The first-order valence-corrected chi connectivity index (χ1v) is 6.68. The maximum absolute atomic E-state index is 9.02. The van der Waals surface area contributed by atoms with Gasteiger partial charge < -0.3 is 4.40 Å². The molecule has 0 saturated heterocycles. The molecule has 0 radical (unpaired) electrons. The fourth-order valence-electron chi connectivity index (χ4n) is 2.12. The van der Waals surface area contributed by atoms with E-state index in [1.165, 1.54) is 0 Å². The number of hydrogen-bond donors (Lipinski definition) is 0. The number of aryl methyl sites for hydroxylation is 1. The van der Waals surface area contributed by atoms with Crippen molar-refractivity contribution in [2.45, 2.75) is 39.5 Å². The van der Waals surface area contributed by atoms with Gasteiger partial charge in [0.1, 0.15) is 0 Å². The molecule has 0 aliphatic heterocycles. The molecule has 18 heavy (non-hydrogen) atoms. The summed E-state index contributed by atoms with van der Waals surface area (Å²) in [6.07, 6.45) is 2.42. The summed E-state index contributed by atoms with van der Waals surface area (Å²) >= 11 is 3.55. The Balaban J connectivity index is 2.85. The lowest BCUT2D eigenvalue weighted by Gasteiger charge is -2.16. The van der Waals surface area contributed by atoms with Gasteiger partial charge in [0.25, 0.3) is 0 Å². The van der Waals surface area contributed by atoms with E-state index in [0.29, 0.717) is 6.42 Å². The van der Waals surface area contributed by atoms with Crippen molar-refractivity contribution in [2.75, 3.05) is 0 Å². The predicted octanol–water partition coefficient (Wildman–Crippen LogP) is 3.77. The first-order valence-electron chi connectivity index (χ1n) is 5.89. The quantitative estimate of drug-likeness (QED) is 0.804. The van der Waals surface area contributed by atoms with E-state index in [9.17, 15) is 0 Å². The summed E-state index contributed by atoms with van der Waals surface area (Å²) in [6, 6.07) is 4.28. The lowest BCUT2D eigenvalue weighted by atomic mass is 9.90. The smallest absolute Gasteiger partial charge is 0.151 e. The van der Waals surface area contributed by atoms with Crippen molar-refractivity contribution in [3.05, 3.63) is 33.7 Å². The van der Waals surface area contributed by atoms with Gasteiger partial charge in [0, 0.05) is 11.6 Å². The number of halogens is 1. The summed E-state index contributed by atoms with van der Waals surface area (Å²) in [5.41, 5.74) is 3.95. The van der Waals surface area contributed by atoms with Crippen LogP contribution in [0.25, 0.3) is 5.65 Å². The van der Waals surface area contributed by atoms with Crippen molar-refractivity contribution in [1.82, 2.24) is 9.38 Å². The minimum Gasteiger partial charge on any atom is -0.302 e. The Labute approximate surface area is 116 Å². The van der Waals surface area contributed by atoms with E-state index in [4.69, 9.17) is 10.2 Å². The van der Waals surface area contributed by atoms with Gasteiger partial charge in [-0.05, 0) is 34.5 Å². The summed E-state index contributed by atoms with van der Waals surface area (Å²) in [5, 5.41) is 9.02. The van der Waals surface area contributed by atoms with Gasteiger partial charge in [-0.25, -0.2) is 4.98 Å². The van der Waals surface area contributed by atoms with Crippen molar-refractivity contribution in [1.29, 1.82) is 5.26 Å². The molecule has 2 heterocycles. The minimum absolute atomic E-state index is 0.0639. The van der Waals surface area contributed by atoms with Crippen molar-refractivity contribution in [3.8, 4) is 6.07 Å². The zero-order valence-electron chi connectivity index (χ0n) is 11.1. The van der Waals surface area contributed by atoms with Crippen molar-refractivity contribution in [2.24, 2.45) is 0 Å². The average Bonchev–Trinajstić information content (AvgIpc) is 2.58. The first-order chi connectivity index (χ1) is 8.34. The van der Waals surface area contributed by atoms with Crippen LogP contribution < -0.4 is 0 Å². The molecule has 0 bridgehead atoms. The maximum atomic E-state index is 9.02. The van der Waals surface area contributed by atoms with Crippen LogP contribution in [0.4, 0.5) is 0 Å². The number of pyridine rings is 1. The minimum atomic E-state index is -0.0639. The normalized spacial score (nSPS) is 11.8. The molecular formula is C14H16BrN3. The maximum Gasteiger partial charge on any atom is 0.151 e. The number of imidazole rings is 1. The SMILES string of the molecule is Cc1cc(Br)c2nc(C(C)(C)C)c(CC#N)n2c1. The molecule has 2 rings (SSSR count). The zero-order valence-corrected chi connectivity index (χ0v) is 12.7. The van der Waals surface area contributed by atoms with Crippen LogP contribution >= 0.6 is 15.9 Å². The molecule has 0 saturated carbocycles. The van der Waals surface area contributed by atoms with E-state index in [2.05, 4.69) is 42.8 Å². The lowest BCUT2D eigenvalue weighted by molar-refractivity contribution is 0.566. The van der Waals surface area contributed by atoms with Gasteiger partial charge >= 0.3 is 0 Å². The molecule has 0 fully saturated rings. The molecule has 94 valence electrons. The summed E-state index contributed by atoms with van der Waals surface area (Å²) < 4.78 is 3.00. The highest BCUT2D eigenvalue weighted by molar-refractivity contribution is 9.10. The Hall–Kier alpha value is -1.34. The summed E-state index contributed by atoms with van der Waals surface area (Å²) in [6.45, 7) is 8.40. The van der Waals surface area contributed by atoms with Crippen molar-refractivity contribution >= 4 is 21.6 Å². The molecule has 2 aromatic heterocycles. The van der Waals surface area contributed by atoms with Crippen LogP contribution in [0.15, 0.2) is 16.7 Å². The molecule has 0 atom stereocenters. The summed E-state index contributed by atoms with van der Waals surface area (Å²) in [7, 11) is 0. The van der Waals surface area contributed by atoms with E-state index in [1.54, 1.807) is 0 Å². The fraction of sp³-hybridized carbons (Fsp3) is 0.429. The Kier molecular flexibility index (Phi) is 3.20. The third-order valence-corrected chi connectivity index (χ3v) is 3.45. The highest BCUT2D eigenvalue weighted by Crippen LogP contribution is 2.29. The second-order valence-corrected chi connectivity index (χ2v) is 6.41. The average molecular weight is 306 g/mol. The van der Waals surface area contributed by atoms with Gasteiger partial charge in [0.2, 0.25) is 0 Å². The number of nitriles is 1. The topological polar surface area (TPSA) is 41.1 Å². The summed E-state index contributed by atoms with van der Waals surface area (Å²) in [4.78, 5) is 4.71. The largest absolute Gasteiger partial charge is 0.302 e. The van der Waals surface area contributed by atoms with E-state index in [1.807, 2.05) is 23.6 Å². The molecule has 0 N–H and O–H groups in total. The van der Waals surface area contributed by atoms with Crippen LogP contribution in [0.1, 0.15) is 37.7 Å². The molecule has 0 aliphatic rings. The molecule has 0 unspecified atom stereocenters. The monoisotopic (exact) mass is 305 g/mol. The number of nitrogens with zero attached hydrogens (tertiary/aromatic N) is 3. The van der Waals surface area contributed by atoms with Crippen LogP contribution in [0.2, 0.25) is 0 Å². The third-order valence-electron chi connectivity index (χ3n) is 2.87. The molecule has 3 nitrogen and oxygen atoms in total. The number of hydrogen-bond acceptors (Lipinski definition) is 2. The molecule has 4 heteroatoms. The highest BCUT2D eigenvalue weighted by Gasteiger charge is 2.24. The molecular weight excluding hydrogens is 290 g/mol. The van der Waals surface area contributed by atoms with E-state index >= 15 is 0 Å². The lowest BCUT2D eigenvalue weighted by Crippen LogP contribution is -2.14. The van der Waals surface area contributed by atoms with Crippen molar-refractivity contribution < 1.29 is 0 Å². The van der Waals surface area contributed by atoms with Gasteiger partial charge in [0.15, 0.2) is 5.65 Å². The van der Waals surface area contributed by atoms with Crippen LogP contribution in [-0.2, 0) is 11.8 Å². The Morgan fingerprint density at radius 2 is 2.11 bits per heavy atom. The van der Waals surface area contributed by atoms with Gasteiger partial charge in [-0.2, -0.15) is 5.26 Å². The van der Waals surface area contributed by atoms with Gasteiger partial charge in [-0.15, -0.1) is 0 Å². The van der Waals surface area contributed by atoms with Gasteiger partial charge in [-0.1, -0.05) is 20.8 Å². The molecule has 2 aromatic rings. The second kappa shape index (κ2) is 4.40. The molecule has 0 spiro atoms. The van der Waals surface area contributed by atoms with Gasteiger partial charge in [-0.3, -0.25) is 0 Å². The van der Waals surface area contributed by atoms with Crippen LogP contribution in [-0.4, -0.2) is 9.38 Å². The van der Waals surface area contributed by atoms with E-state index < -0.39 is 0 Å². The van der Waals surface area contributed by atoms with E-state index in [-0.39, 0.29) is 5.41 Å². The van der Waals surface area contributed by atoms with Crippen LogP contribution in [0.5, 0.6) is 0 Å². The fourth-order valence-corrected chi connectivity index (χ4v) is 2.76. The molecule has 0 amide bonds. The predicted molar refractivity (Wildman–Crippen MR) is 75.6 cm³/mol. The van der Waals surface area contributed by atoms with E-state index in [0.717, 1.165) is 27.1 Å². The Bertz CT molecular complexity index is 642. The Morgan fingerprint density at radius 3 is 2.67 bits per heavy atom. The number of fused-ring (bicyclic) bond motifs is 1. The zero-order chi connectivity index (χ0) is 13.5. The molecule has 0 aliphatic carbocycles. The van der Waals surface area contributed by atoms with Crippen LogP contribution in [0.3, 0.4) is 0 Å². The first kappa shape index (κ1) is 13.1. The van der Waals surface area contributed by atoms with Gasteiger partial charge in [0.05, 0.1) is 28.4 Å². The van der Waals surface area contributed by atoms with Crippen LogP contribution in [0, 0.1) is 18.3 Å². The highest BCUT2D eigenvalue weighted by atomic mass is 79.9. The molecule has 0 aromatic carbocycles. The summed E-state index contributed by atoms with van der Waals surface area (Å²) in [5.74, 6) is 0. The third kappa shape index (κ3) is 2.15. The second-order valence-electron chi connectivity index (χ2n) is 5.55. The number of rotatable bonds is 1. The number of aromatic nitrogens is 2. The van der Waals surface area contributed by atoms with Crippen molar-refractivity contribution in [3.63, 3.8) is 0 Å².